The second kappa shape index (κ2) is 4.97. The topological polar surface area (TPSA) is 32.3 Å². The van der Waals surface area contributed by atoms with Crippen molar-refractivity contribution < 1.29 is 0 Å². The van der Waals surface area contributed by atoms with Crippen LogP contribution >= 0.6 is 11.6 Å². The van der Waals surface area contributed by atoms with Crippen LogP contribution in [0.3, 0.4) is 0 Å². The third kappa shape index (κ3) is 2.44. The molecule has 1 aromatic rings. The zero-order valence-electron chi connectivity index (χ0n) is 9.73. The van der Waals surface area contributed by atoms with Crippen LogP contribution in [0, 0.1) is 0 Å². The second-order valence-electron chi connectivity index (χ2n) is 4.30. The van der Waals surface area contributed by atoms with Crippen molar-refractivity contribution in [2.75, 3.05) is 31.6 Å². The molecule has 4 nitrogen and oxygen atoms in total. The summed E-state index contributed by atoms with van der Waals surface area (Å²) in [5, 5.41) is 0. The largest absolute Gasteiger partial charge is 0.338 e. The number of piperazine rings is 1. The highest BCUT2D eigenvalue weighted by Crippen LogP contribution is 2.14. The Labute approximate surface area is 101 Å². The summed E-state index contributed by atoms with van der Waals surface area (Å²) in [6.45, 7) is 5.25. The lowest BCUT2D eigenvalue weighted by Crippen LogP contribution is -2.50. The van der Waals surface area contributed by atoms with Gasteiger partial charge in [-0.05, 0) is 14.0 Å². The maximum absolute atomic E-state index is 5.71. The standard InChI is InChI=1S/C11H17ClN4/c1-9-8-16(4-3-15(9)2)11-13-6-10(5-12)7-14-11/h6-7,9H,3-5,8H2,1-2H3. The minimum Gasteiger partial charge on any atom is -0.338 e. The third-order valence-corrected chi connectivity index (χ3v) is 3.40. The van der Waals surface area contributed by atoms with Crippen LogP contribution in [0.15, 0.2) is 12.4 Å². The molecule has 1 fully saturated rings. The molecule has 1 unspecified atom stereocenters. The smallest absolute Gasteiger partial charge is 0.225 e. The van der Waals surface area contributed by atoms with Crippen LogP contribution in [0.4, 0.5) is 5.95 Å². The molecule has 0 aliphatic carbocycles. The predicted octanol–water partition coefficient (Wildman–Crippen LogP) is 1.36. The van der Waals surface area contributed by atoms with Crippen LogP contribution < -0.4 is 4.90 Å². The van der Waals surface area contributed by atoms with Gasteiger partial charge in [0.2, 0.25) is 5.95 Å². The van der Waals surface area contributed by atoms with Crippen LogP contribution in [-0.4, -0.2) is 47.6 Å². The lowest BCUT2D eigenvalue weighted by molar-refractivity contribution is 0.233. The molecule has 0 bridgehead atoms. The first kappa shape index (κ1) is 11.6. The minimum absolute atomic E-state index is 0.472. The number of aromatic nitrogens is 2. The number of alkyl halides is 1. The number of nitrogens with zero attached hydrogens (tertiary/aromatic N) is 4. The number of anilines is 1. The van der Waals surface area contributed by atoms with Crippen molar-refractivity contribution in [3.8, 4) is 0 Å². The summed E-state index contributed by atoms with van der Waals surface area (Å²) in [5.74, 6) is 1.29. The normalized spacial score (nSPS) is 22.4. The number of likely N-dealkylation sites (N-methyl/N-ethyl adjacent to an activating group) is 1. The van der Waals surface area contributed by atoms with E-state index in [2.05, 4.69) is 33.7 Å². The van der Waals surface area contributed by atoms with Crippen molar-refractivity contribution in [2.45, 2.75) is 18.8 Å². The zero-order valence-corrected chi connectivity index (χ0v) is 10.5. The molecule has 1 aromatic heterocycles. The Bertz CT molecular complexity index is 340. The highest BCUT2D eigenvalue weighted by molar-refractivity contribution is 6.17. The van der Waals surface area contributed by atoms with E-state index in [1.807, 2.05) is 0 Å². The molecule has 2 heterocycles. The Morgan fingerprint density at radius 1 is 1.38 bits per heavy atom. The Balaban J connectivity index is 2.06. The fourth-order valence-corrected chi connectivity index (χ4v) is 1.95. The van der Waals surface area contributed by atoms with Gasteiger partial charge in [0.25, 0.3) is 0 Å². The first-order valence-corrected chi connectivity index (χ1v) is 6.06. The van der Waals surface area contributed by atoms with E-state index in [0.29, 0.717) is 11.9 Å². The Kier molecular flexibility index (Phi) is 3.61. The van der Waals surface area contributed by atoms with E-state index in [1.54, 1.807) is 12.4 Å². The average Bonchev–Trinajstić information content (AvgIpc) is 2.33. The van der Waals surface area contributed by atoms with E-state index in [-0.39, 0.29) is 0 Å². The van der Waals surface area contributed by atoms with E-state index in [0.717, 1.165) is 31.1 Å². The molecule has 0 amide bonds. The van der Waals surface area contributed by atoms with E-state index in [9.17, 15) is 0 Å². The van der Waals surface area contributed by atoms with E-state index in [1.165, 1.54) is 0 Å². The molecule has 0 N–H and O–H groups in total. The summed E-state index contributed by atoms with van der Waals surface area (Å²) in [6.07, 6.45) is 3.61. The van der Waals surface area contributed by atoms with Gasteiger partial charge in [-0.2, -0.15) is 0 Å². The summed E-state index contributed by atoms with van der Waals surface area (Å²) in [4.78, 5) is 13.3. The molecular weight excluding hydrogens is 224 g/mol. The molecule has 0 saturated carbocycles. The van der Waals surface area contributed by atoms with Crippen molar-refractivity contribution in [1.29, 1.82) is 0 Å². The van der Waals surface area contributed by atoms with Crippen LogP contribution in [0.25, 0.3) is 0 Å². The first-order valence-electron chi connectivity index (χ1n) is 5.53. The molecule has 5 heteroatoms. The van der Waals surface area contributed by atoms with Crippen molar-refractivity contribution in [3.63, 3.8) is 0 Å². The Morgan fingerprint density at radius 2 is 2.06 bits per heavy atom. The molecular formula is C11H17ClN4. The lowest BCUT2D eigenvalue weighted by Gasteiger charge is -2.37. The fraction of sp³-hybridized carbons (Fsp3) is 0.636. The van der Waals surface area contributed by atoms with Gasteiger partial charge in [-0.1, -0.05) is 0 Å². The summed E-state index contributed by atoms with van der Waals surface area (Å²) in [6, 6.07) is 0.546. The minimum atomic E-state index is 0.472. The van der Waals surface area contributed by atoms with Crippen LogP contribution in [0.2, 0.25) is 0 Å². The fourth-order valence-electron chi connectivity index (χ4n) is 1.81. The predicted molar refractivity (Wildman–Crippen MR) is 65.9 cm³/mol. The molecule has 1 aliphatic rings. The van der Waals surface area contributed by atoms with Crippen molar-refractivity contribution in [3.05, 3.63) is 18.0 Å². The highest BCUT2D eigenvalue weighted by Gasteiger charge is 2.22. The van der Waals surface area contributed by atoms with Crippen molar-refractivity contribution >= 4 is 17.5 Å². The number of rotatable bonds is 2. The van der Waals surface area contributed by atoms with Gasteiger partial charge in [0, 0.05) is 43.6 Å². The molecule has 0 radical (unpaired) electrons. The molecule has 1 aliphatic heterocycles. The maximum Gasteiger partial charge on any atom is 0.225 e. The molecule has 1 atom stereocenters. The van der Waals surface area contributed by atoms with E-state index >= 15 is 0 Å². The van der Waals surface area contributed by atoms with Gasteiger partial charge in [0.15, 0.2) is 0 Å². The van der Waals surface area contributed by atoms with Crippen molar-refractivity contribution in [1.82, 2.24) is 14.9 Å². The average molecular weight is 241 g/mol. The number of halogens is 1. The molecule has 16 heavy (non-hydrogen) atoms. The van der Waals surface area contributed by atoms with E-state index in [4.69, 9.17) is 11.6 Å². The van der Waals surface area contributed by atoms with Crippen LogP contribution in [0.1, 0.15) is 12.5 Å². The Hall–Kier alpha value is -0.870. The van der Waals surface area contributed by atoms with Gasteiger partial charge in [-0.15, -0.1) is 11.6 Å². The van der Waals surface area contributed by atoms with Crippen LogP contribution in [-0.2, 0) is 5.88 Å². The van der Waals surface area contributed by atoms with Gasteiger partial charge in [0.05, 0.1) is 5.88 Å². The zero-order chi connectivity index (χ0) is 11.5. The number of hydrogen-bond donors (Lipinski definition) is 0. The van der Waals surface area contributed by atoms with Gasteiger partial charge < -0.3 is 9.80 Å². The summed E-state index contributed by atoms with van der Waals surface area (Å²) >= 11 is 5.71. The summed E-state index contributed by atoms with van der Waals surface area (Å²) < 4.78 is 0. The molecule has 1 saturated heterocycles. The first-order chi connectivity index (χ1) is 7.70. The quantitative estimate of drug-likeness (QED) is 0.731. The van der Waals surface area contributed by atoms with Gasteiger partial charge in [-0.3, -0.25) is 0 Å². The molecule has 0 spiro atoms. The van der Waals surface area contributed by atoms with Gasteiger partial charge in [-0.25, -0.2) is 9.97 Å². The number of hydrogen-bond acceptors (Lipinski definition) is 4. The second-order valence-corrected chi connectivity index (χ2v) is 4.57. The molecule has 0 aromatic carbocycles. The highest BCUT2D eigenvalue weighted by atomic mass is 35.5. The maximum atomic E-state index is 5.71. The molecule has 2 rings (SSSR count). The van der Waals surface area contributed by atoms with Gasteiger partial charge in [0.1, 0.15) is 0 Å². The Morgan fingerprint density at radius 3 is 2.62 bits per heavy atom. The molecule has 88 valence electrons. The van der Waals surface area contributed by atoms with Crippen LogP contribution in [0.5, 0.6) is 0 Å². The van der Waals surface area contributed by atoms with Gasteiger partial charge >= 0.3 is 0 Å². The monoisotopic (exact) mass is 240 g/mol. The summed E-state index contributed by atoms with van der Waals surface area (Å²) in [5.41, 5.74) is 0.965. The summed E-state index contributed by atoms with van der Waals surface area (Å²) in [7, 11) is 2.15. The van der Waals surface area contributed by atoms with E-state index < -0.39 is 0 Å². The SMILES string of the molecule is CC1CN(c2ncc(CCl)cn2)CCN1C. The lowest BCUT2D eigenvalue weighted by atomic mass is 10.2. The van der Waals surface area contributed by atoms with Crippen molar-refractivity contribution in [2.24, 2.45) is 0 Å². The third-order valence-electron chi connectivity index (χ3n) is 3.09.